The molecule has 1 amide bonds. The zero-order valence-electron chi connectivity index (χ0n) is 13.0. The van der Waals surface area contributed by atoms with Crippen LogP contribution in [0.25, 0.3) is 0 Å². The van der Waals surface area contributed by atoms with Crippen LogP contribution in [0.1, 0.15) is 43.7 Å². The SMILES string of the molecule is CS(=O)(=O)C1(C(=O)NC2CCCOc3cc(F)ccc32)CCC1. The van der Waals surface area contributed by atoms with Gasteiger partial charge in [0.1, 0.15) is 16.3 Å². The van der Waals surface area contributed by atoms with E-state index in [1.54, 1.807) is 6.07 Å². The van der Waals surface area contributed by atoms with E-state index < -0.39 is 26.3 Å². The van der Waals surface area contributed by atoms with Crippen LogP contribution in [0.4, 0.5) is 4.39 Å². The maximum Gasteiger partial charge on any atom is 0.241 e. The number of nitrogens with one attached hydrogen (secondary N) is 1. The molecule has 126 valence electrons. The van der Waals surface area contributed by atoms with E-state index in [9.17, 15) is 17.6 Å². The van der Waals surface area contributed by atoms with Gasteiger partial charge in [-0.2, -0.15) is 0 Å². The summed E-state index contributed by atoms with van der Waals surface area (Å²) in [6.07, 6.45) is 3.90. The molecule has 1 aliphatic heterocycles. The number of benzene rings is 1. The van der Waals surface area contributed by atoms with Crippen LogP contribution in [0, 0.1) is 5.82 Å². The minimum Gasteiger partial charge on any atom is -0.493 e. The highest BCUT2D eigenvalue weighted by atomic mass is 32.2. The molecular weight excluding hydrogens is 321 g/mol. The number of carbonyl (C=O) groups is 1. The van der Waals surface area contributed by atoms with E-state index in [2.05, 4.69) is 5.32 Å². The number of sulfone groups is 1. The van der Waals surface area contributed by atoms with Crippen molar-refractivity contribution in [2.45, 2.75) is 42.9 Å². The average Bonchev–Trinajstić information content (AvgIpc) is 2.57. The molecule has 23 heavy (non-hydrogen) atoms. The summed E-state index contributed by atoms with van der Waals surface area (Å²) in [6, 6.07) is 3.85. The van der Waals surface area contributed by atoms with E-state index >= 15 is 0 Å². The lowest BCUT2D eigenvalue weighted by Gasteiger charge is -2.39. The first-order valence-electron chi connectivity index (χ1n) is 7.76. The first-order valence-corrected chi connectivity index (χ1v) is 9.65. The molecule has 1 saturated carbocycles. The Morgan fingerprint density at radius 3 is 2.70 bits per heavy atom. The summed E-state index contributed by atoms with van der Waals surface area (Å²) in [6.45, 7) is 0.444. The van der Waals surface area contributed by atoms with Crippen molar-refractivity contribution in [3.63, 3.8) is 0 Å². The first kappa shape index (κ1) is 16.2. The molecule has 0 aromatic heterocycles. The van der Waals surface area contributed by atoms with Crippen LogP contribution < -0.4 is 10.1 Å². The molecule has 1 N–H and O–H groups in total. The summed E-state index contributed by atoms with van der Waals surface area (Å²) in [5.74, 6) is -0.439. The van der Waals surface area contributed by atoms with Gasteiger partial charge in [-0.3, -0.25) is 4.79 Å². The predicted molar refractivity (Wildman–Crippen MR) is 83.4 cm³/mol. The van der Waals surface area contributed by atoms with Crippen LogP contribution in [0.15, 0.2) is 18.2 Å². The smallest absolute Gasteiger partial charge is 0.241 e. The van der Waals surface area contributed by atoms with Gasteiger partial charge in [0.25, 0.3) is 0 Å². The van der Waals surface area contributed by atoms with Crippen LogP contribution in [0.5, 0.6) is 5.75 Å². The Balaban J connectivity index is 1.87. The van der Waals surface area contributed by atoms with Crippen LogP contribution in [0.3, 0.4) is 0 Å². The Morgan fingerprint density at radius 2 is 2.09 bits per heavy atom. The van der Waals surface area contributed by atoms with Crippen molar-refractivity contribution in [3.8, 4) is 5.75 Å². The molecular formula is C16H20FNO4S. The van der Waals surface area contributed by atoms with Crippen molar-refractivity contribution in [2.75, 3.05) is 12.9 Å². The Hall–Kier alpha value is -1.63. The third kappa shape index (κ3) is 2.82. The topological polar surface area (TPSA) is 72.5 Å². The van der Waals surface area contributed by atoms with Gasteiger partial charge in [0.2, 0.25) is 5.91 Å². The molecule has 1 fully saturated rings. The van der Waals surface area contributed by atoms with Gasteiger partial charge in [-0.1, -0.05) is 6.07 Å². The predicted octanol–water partition coefficient (Wildman–Crippen LogP) is 2.12. The van der Waals surface area contributed by atoms with E-state index in [4.69, 9.17) is 4.74 Å². The van der Waals surface area contributed by atoms with E-state index in [1.807, 2.05) is 0 Å². The van der Waals surface area contributed by atoms with Gasteiger partial charge < -0.3 is 10.1 Å². The Bertz CT molecular complexity index is 728. The third-order valence-corrected chi connectivity index (χ3v) is 6.85. The summed E-state index contributed by atoms with van der Waals surface area (Å²) in [4.78, 5) is 12.6. The molecule has 3 rings (SSSR count). The van der Waals surface area contributed by atoms with Gasteiger partial charge in [0, 0.05) is 17.9 Å². The summed E-state index contributed by atoms with van der Waals surface area (Å²) in [5, 5.41) is 2.86. The summed E-state index contributed by atoms with van der Waals surface area (Å²) in [5.41, 5.74) is 0.695. The molecule has 5 nitrogen and oxygen atoms in total. The van der Waals surface area contributed by atoms with Gasteiger partial charge in [-0.25, -0.2) is 12.8 Å². The summed E-state index contributed by atoms with van der Waals surface area (Å²) in [7, 11) is -3.47. The fourth-order valence-corrected chi connectivity index (χ4v) is 4.68. The molecule has 0 radical (unpaired) electrons. The Kier molecular flexibility index (Phi) is 4.08. The second-order valence-electron chi connectivity index (χ2n) is 6.32. The molecule has 0 spiro atoms. The molecule has 1 atom stereocenters. The third-order valence-electron chi connectivity index (χ3n) is 4.84. The lowest BCUT2D eigenvalue weighted by molar-refractivity contribution is -0.126. The van der Waals surface area contributed by atoms with Crippen molar-refractivity contribution in [3.05, 3.63) is 29.6 Å². The van der Waals surface area contributed by atoms with Gasteiger partial charge in [0.05, 0.1) is 12.6 Å². The van der Waals surface area contributed by atoms with Crippen LogP contribution in [-0.2, 0) is 14.6 Å². The minimum atomic E-state index is -3.47. The van der Waals surface area contributed by atoms with E-state index in [-0.39, 0.29) is 6.04 Å². The maximum atomic E-state index is 13.4. The lowest BCUT2D eigenvalue weighted by Crippen LogP contribution is -2.57. The van der Waals surface area contributed by atoms with Crippen molar-refractivity contribution >= 4 is 15.7 Å². The molecule has 2 aliphatic rings. The highest BCUT2D eigenvalue weighted by Crippen LogP contribution is 2.40. The van der Waals surface area contributed by atoms with Crippen molar-refractivity contribution in [1.29, 1.82) is 0 Å². The molecule has 1 aromatic carbocycles. The highest BCUT2D eigenvalue weighted by molar-refractivity contribution is 7.93. The monoisotopic (exact) mass is 341 g/mol. The zero-order chi connectivity index (χ0) is 16.7. The first-order chi connectivity index (χ1) is 10.8. The number of amides is 1. The van der Waals surface area contributed by atoms with Crippen LogP contribution in [-0.4, -0.2) is 31.9 Å². The van der Waals surface area contributed by atoms with Crippen molar-refractivity contribution in [1.82, 2.24) is 5.32 Å². The standard InChI is InChI=1S/C16H20FNO4S/c1-23(20,21)16(7-3-8-16)15(19)18-13-4-2-9-22-14-10-11(17)5-6-12(13)14/h5-6,10,13H,2-4,7-9H2,1H3,(H,18,19). The number of carbonyl (C=O) groups excluding carboxylic acids is 1. The van der Waals surface area contributed by atoms with Crippen molar-refractivity contribution in [2.24, 2.45) is 0 Å². The molecule has 1 heterocycles. The molecule has 0 saturated heterocycles. The summed E-state index contributed by atoms with van der Waals surface area (Å²) < 4.78 is 41.7. The van der Waals surface area contributed by atoms with Crippen molar-refractivity contribution < 1.29 is 22.3 Å². The Morgan fingerprint density at radius 1 is 1.35 bits per heavy atom. The number of ether oxygens (including phenoxy) is 1. The van der Waals surface area contributed by atoms with Crippen LogP contribution >= 0.6 is 0 Å². The van der Waals surface area contributed by atoms with Crippen LogP contribution in [0.2, 0.25) is 0 Å². The van der Waals surface area contributed by atoms with Gasteiger partial charge >= 0.3 is 0 Å². The number of hydrogen-bond acceptors (Lipinski definition) is 4. The molecule has 1 unspecified atom stereocenters. The highest BCUT2D eigenvalue weighted by Gasteiger charge is 2.53. The summed E-state index contributed by atoms with van der Waals surface area (Å²) >= 11 is 0. The molecule has 1 aromatic rings. The number of fused-ring (bicyclic) bond motifs is 1. The van der Waals surface area contributed by atoms with E-state index in [0.717, 1.165) is 12.7 Å². The zero-order valence-corrected chi connectivity index (χ0v) is 13.8. The van der Waals surface area contributed by atoms with Gasteiger partial charge in [-0.15, -0.1) is 0 Å². The fraction of sp³-hybridized carbons (Fsp3) is 0.562. The Labute approximate surface area is 135 Å². The minimum absolute atomic E-state index is 0.358. The van der Waals surface area contributed by atoms with Gasteiger partial charge in [0.15, 0.2) is 9.84 Å². The number of rotatable bonds is 3. The number of halogens is 1. The van der Waals surface area contributed by atoms with E-state index in [1.165, 1.54) is 12.1 Å². The fourth-order valence-electron chi connectivity index (χ4n) is 3.25. The quantitative estimate of drug-likeness (QED) is 0.914. The largest absolute Gasteiger partial charge is 0.493 e. The van der Waals surface area contributed by atoms with Gasteiger partial charge in [-0.05, 0) is 38.2 Å². The van der Waals surface area contributed by atoms with E-state index in [0.29, 0.717) is 43.6 Å². The second-order valence-corrected chi connectivity index (χ2v) is 8.64. The second kappa shape index (κ2) is 5.78. The maximum absolute atomic E-state index is 13.4. The normalized spacial score (nSPS) is 23.0. The molecule has 0 bridgehead atoms. The average molecular weight is 341 g/mol. The molecule has 7 heteroatoms. The molecule has 1 aliphatic carbocycles. The lowest BCUT2D eigenvalue weighted by atomic mass is 9.83. The number of hydrogen-bond donors (Lipinski definition) is 1.